The van der Waals surface area contributed by atoms with Gasteiger partial charge in [-0.1, -0.05) is 61.0 Å². The van der Waals surface area contributed by atoms with Crippen LogP contribution < -0.4 is 15.0 Å². The van der Waals surface area contributed by atoms with Crippen molar-refractivity contribution in [1.82, 2.24) is 0 Å². The van der Waals surface area contributed by atoms with Crippen molar-refractivity contribution in [1.29, 1.82) is 0 Å². The van der Waals surface area contributed by atoms with Gasteiger partial charge in [0.15, 0.2) is 5.78 Å². The Labute approximate surface area is 206 Å². The molecule has 0 spiro atoms. The van der Waals surface area contributed by atoms with Crippen molar-refractivity contribution >= 4 is 23.1 Å². The predicted octanol–water partition coefficient (Wildman–Crippen LogP) is 6.31. The van der Waals surface area contributed by atoms with E-state index in [0.29, 0.717) is 30.6 Å². The molecule has 0 fully saturated rings. The molecule has 5 heteroatoms. The van der Waals surface area contributed by atoms with Crippen LogP contribution in [0, 0.1) is 6.92 Å². The highest BCUT2D eigenvalue weighted by Crippen LogP contribution is 2.47. The van der Waals surface area contributed by atoms with Crippen molar-refractivity contribution in [2.45, 2.75) is 45.1 Å². The Hall–Kier alpha value is -3.86. The van der Waals surface area contributed by atoms with Gasteiger partial charge in [0, 0.05) is 24.1 Å². The van der Waals surface area contributed by atoms with Gasteiger partial charge in [-0.15, -0.1) is 0 Å². The summed E-state index contributed by atoms with van der Waals surface area (Å²) in [6.07, 6.45) is 1.44. The third kappa shape index (κ3) is 4.23. The minimum atomic E-state index is -0.532. The third-order valence-corrected chi connectivity index (χ3v) is 7.02. The Bertz CT molecular complexity index is 1310. The Morgan fingerprint density at radius 2 is 1.77 bits per heavy atom. The van der Waals surface area contributed by atoms with Gasteiger partial charge in [0.25, 0.3) is 0 Å². The molecular weight excluding hydrogens is 436 g/mol. The van der Waals surface area contributed by atoms with Crippen LogP contribution in [-0.2, 0) is 9.59 Å². The quantitative estimate of drug-likeness (QED) is 0.489. The molecule has 2 atom stereocenters. The monoisotopic (exact) mass is 466 g/mol. The van der Waals surface area contributed by atoms with Crippen LogP contribution in [0.2, 0.25) is 0 Å². The molecular formula is C30H30N2O3. The summed E-state index contributed by atoms with van der Waals surface area (Å²) in [6, 6.07) is 23.4. The molecule has 1 heterocycles. The molecule has 5 rings (SSSR count). The predicted molar refractivity (Wildman–Crippen MR) is 139 cm³/mol. The molecule has 0 radical (unpaired) electrons. The lowest BCUT2D eigenvalue weighted by Gasteiger charge is -2.35. The van der Waals surface area contributed by atoms with Gasteiger partial charge >= 0.3 is 0 Å². The minimum absolute atomic E-state index is 0.0331. The normalized spacial score (nSPS) is 19.4. The zero-order chi connectivity index (χ0) is 24.5. The zero-order valence-corrected chi connectivity index (χ0v) is 20.4. The van der Waals surface area contributed by atoms with E-state index < -0.39 is 6.04 Å². The van der Waals surface area contributed by atoms with Crippen LogP contribution in [0.3, 0.4) is 0 Å². The number of ether oxygens (including phenoxy) is 1. The van der Waals surface area contributed by atoms with Gasteiger partial charge in [0.05, 0.1) is 24.5 Å². The first-order valence-electron chi connectivity index (χ1n) is 12.1. The van der Waals surface area contributed by atoms with Gasteiger partial charge in [0.2, 0.25) is 5.91 Å². The van der Waals surface area contributed by atoms with Gasteiger partial charge in [-0.05, 0) is 54.7 Å². The van der Waals surface area contributed by atoms with Gasteiger partial charge in [-0.3, -0.25) is 14.5 Å². The highest BCUT2D eigenvalue weighted by atomic mass is 16.5. The lowest BCUT2D eigenvalue weighted by molar-refractivity contribution is -0.119. The Kier molecular flexibility index (Phi) is 6.16. The maximum absolute atomic E-state index is 13.9. The van der Waals surface area contributed by atoms with Crippen molar-refractivity contribution < 1.29 is 14.3 Å². The number of rotatable bonds is 4. The van der Waals surface area contributed by atoms with E-state index in [2.05, 4.69) is 36.5 Å². The van der Waals surface area contributed by atoms with Crippen molar-refractivity contribution in [3.63, 3.8) is 0 Å². The number of fused-ring (bicyclic) bond motifs is 1. The topological polar surface area (TPSA) is 58.6 Å². The molecule has 1 amide bonds. The number of benzene rings is 3. The molecule has 0 saturated heterocycles. The van der Waals surface area contributed by atoms with Crippen LogP contribution in [0.5, 0.6) is 5.75 Å². The maximum Gasteiger partial charge on any atom is 0.227 e. The maximum atomic E-state index is 13.9. The van der Waals surface area contributed by atoms with Gasteiger partial charge in [0.1, 0.15) is 5.75 Å². The molecule has 0 aromatic heterocycles. The number of methoxy groups -OCH3 is 1. The highest BCUT2D eigenvalue weighted by molar-refractivity contribution is 6.06. The van der Waals surface area contributed by atoms with Gasteiger partial charge in [-0.25, -0.2) is 0 Å². The summed E-state index contributed by atoms with van der Waals surface area (Å²) in [5, 5.41) is 3.57. The summed E-state index contributed by atoms with van der Waals surface area (Å²) in [5.74, 6) is 0.814. The highest BCUT2D eigenvalue weighted by Gasteiger charge is 2.41. The summed E-state index contributed by atoms with van der Waals surface area (Å²) in [4.78, 5) is 29.2. The van der Waals surface area contributed by atoms with E-state index in [-0.39, 0.29) is 17.6 Å². The number of nitrogens with zero attached hydrogens (tertiary/aromatic N) is 1. The number of hydrogen-bond donors (Lipinski definition) is 1. The summed E-state index contributed by atoms with van der Waals surface area (Å²) in [7, 11) is 1.63. The molecule has 5 nitrogen and oxygen atoms in total. The van der Waals surface area contributed by atoms with E-state index in [9.17, 15) is 9.59 Å². The van der Waals surface area contributed by atoms with E-state index in [1.165, 1.54) is 5.56 Å². The lowest BCUT2D eigenvalue weighted by atomic mass is 9.78. The number of carbonyl (C=O) groups excluding carboxylic acids is 2. The number of ketones is 1. The number of carbonyl (C=O) groups is 2. The Morgan fingerprint density at radius 3 is 2.51 bits per heavy atom. The fourth-order valence-electron chi connectivity index (χ4n) is 5.24. The number of anilines is 2. The molecule has 0 saturated carbocycles. The second-order valence-electron chi connectivity index (χ2n) is 9.27. The first-order valence-corrected chi connectivity index (χ1v) is 12.1. The van der Waals surface area contributed by atoms with Crippen LogP contribution in [0.1, 0.15) is 54.8 Å². The fourth-order valence-corrected chi connectivity index (χ4v) is 5.24. The number of Topliss-reactive ketones (excluding diaryl/α,β-unsaturated/α-hetero) is 1. The average Bonchev–Trinajstić information content (AvgIpc) is 3.03. The summed E-state index contributed by atoms with van der Waals surface area (Å²) in [6.45, 7) is 3.93. The van der Waals surface area contributed by atoms with Crippen molar-refractivity contribution in [3.8, 4) is 5.75 Å². The molecule has 3 aromatic rings. The van der Waals surface area contributed by atoms with Crippen LogP contribution in [-0.4, -0.2) is 18.8 Å². The largest absolute Gasteiger partial charge is 0.497 e. The van der Waals surface area contributed by atoms with E-state index in [4.69, 9.17) is 4.74 Å². The second-order valence-corrected chi connectivity index (χ2v) is 9.27. The Morgan fingerprint density at radius 1 is 1.00 bits per heavy atom. The molecule has 35 heavy (non-hydrogen) atoms. The molecule has 1 aliphatic carbocycles. The van der Waals surface area contributed by atoms with Crippen LogP contribution in [0.4, 0.5) is 11.4 Å². The number of amides is 1. The molecule has 1 aliphatic heterocycles. The molecule has 2 aliphatic rings. The number of para-hydroxylation sites is 2. The number of allylic oxidation sites excluding steroid dienone is 1. The lowest BCUT2D eigenvalue weighted by Crippen LogP contribution is -2.38. The van der Waals surface area contributed by atoms with E-state index in [0.717, 1.165) is 28.2 Å². The number of hydrogen-bond acceptors (Lipinski definition) is 4. The molecule has 178 valence electrons. The third-order valence-electron chi connectivity index (χ3n) is 7.02. The summed E-state index contributed by atoms with van der Waals surface area (Å²) in [5.41, 5.74) is 6.39. The number of aryl methyl sites for hydroxylation is 1. The van der Waals surface area contributed by atoms with E-state index in [1.807, 2.05) is 55.5 Å². The van der Waals surface area contributed by atoms with Crippen molar-refractivity contribution in [2.75, 3.05) is 17.3 Å². The summed E-state index contributed by atoms with van der Waals surface area (Å²) < 4.78 is 5.50. The Balaban J connectivity index is 1.70. The van der Waals surface area contributed by atoms with Crippen LogP contribution in [0.25, 0.3) is 0 Å². The fraction of sp³-hybridized carbons (Fsp3) is 0.267. The summed E-state index contributed by atoms with van der Waals surface area (Å²) >= 11 is 0. The minimum Gasteiger partial charge on any atom is -0.497 e. The molecule has 0 unspecified atom stereocenters. The van der Waals surface area contributed by atoms with E-state index >= 15 is 0 Å². The van der Waals surface area contributed by atoms with Crippen molar-refractivity contribution in [3.05, 3.63) is 101 Å². The SMILES string of the molecule is CCC(=O)N1c2ccccc2NC2=C(C(=O)C[C@H](c3ccc(C)cc3)C2)[C@@H]1c1cccc(OC)c1. The molecule has 3 aromatic carbocycles. The van der Waals surface area contributed by atoms with Crippen LogP contribution >= 0.6 is 0 Å². The first-order chi connectivity index (χ1) is 17.0. The standard InChI is InChI=1S/C30H30N2O3/c1-4-28(34)32-26-11-6-5-10-24(26)31-25-17-22(20-14-12-19(2)13-15-20)18-27(33)29(25)30(32)21-8-7-9-23(16-21)35-3/h5-16,22,30-31H,4,17-18H2,1-3H3/t22-,30+/m1/s1. The van der Waals surface area contributed by atoms with Gasteiger partial charge in [-0.2, -0.15) is 0 Å². The smallest absolute Gasteiger partial charge is 0.227 e. The van der Waals surface area contributed by atoms with Crippen LogP contribution in [0.15, 0.2) is 84.1 Å². The van der Waals surface area contributed by atoms with Gasteiger partial charge < -0.3 is 10.1 Å². The first kappa shape index (κ1) is 22.9. The molecule has 1 N–H and O–H groups in total. The molecule has 0 bridgehead atoms. The number of nitrogens with one attached hydrogen (secondary N) is 1. The van der Waals surface area contributed by atoms with E-state index in [1.54, 1.807) is 12.0 Å². The zero-order valence-electron chi connectivity index (χ0n) is 20.4. The second kappa shape index (κ2) is 9.41. The van der Waals surface area contributed by atoms with Crippen molar-refractivity contribution in [2.24, 2.45) is 0 Å². The average molecular weight is 467 g/mol.